The van der Waals surface area contributed by atoms with Crippen molar-refractivity contribution in [3.63, 3.8) is 0 Å². The summed E-state index contributed by atoms with van der Waals surface area (Å²) in [7, 11) is 4.91. The predicted molar refractivity (Wildman–Crippen MR) is 129 cm³/mol. The SMILES string of the molecule is CCN(CC)CCCNC(=O)[C@@H]1c2ccccc2C(=O)N(C)[C@H]1c1ccc(OC)c(OC)c1. The predicted octanol–water partition coefficient (Wildman–Crippen LogP) is 3.46. The number of amides is 2. The molecule has 0 spiro atoms. The van der Waals surface area contributed by atoms with Gasteiger partial charge in [-0.1, -0.05) is 38.1 Å². The molecule has 0 fully saturated rings. The van der Waals surface area contributed by atoms with Gasteiger partial charge < -0.3 is 24.6 Å². The lowest BCUT2D eigenvalue weighted by atomic mass is 9.79. The smallest absolute Gasteiger partial charge is 0.254 e. The molecule has 2 aromatic carbocycles. The van der Waals surface area contributed by atoms with Gasteiger partial charge in [0.25, 0.3) is 5.91 Å². The third-order valence-corrected chi connectivity index (χ3v) is 6.46. The molecule has 3 rings (SSSR count). The summed E-state index contributed by atoms with van der Waals surface area (Å²) in [5, 5.41) is 3.12. The van der Waals surface area contributed by atoms with E-state index in [0.717, 1.165) is 37.2 Å². The highest BCUT2D eigenvalue weighted by Crippen LogP contribution is 2.43. The van der Waals surface area contributed by atoms with Crippen LogP contribution in [0.3, 0.4) is 0 Å². The molecule has 7 nitrogen and oxygen atoms in total. The minimum absolute atomic E-state index is 0.0823. The van der Waals surface area contributed by atoms with E-state index >= 15 is 0 Å². The molecule has 2 atom stereocenters. The monoisotopic (exact) mass is 453 g/mol. The maximum Gasteiger partial charge on any atom is 0.254 e. The third-order valence-electron chi connectivity index (χ3n) is 6.46. The van der Waals surface area contributed by atoms with Gasteiger partial charge in [0.2, 0.25) is 5.91 Å². The first-order chi connectivity index (χ1) is 16.0. The van der Waals surface area contributed by atoms with Gasteiger partial charge in [0.1, 0.15) is 0 Å². The van der Waals surface area contributed by atoms with E-state index in [9.17, 15) is 9.59 Å². The highest BCUT2D eigenvalue weighted by molar-refractivity contribution is 6.01. The summed E-state index contributed by atoms with van der Waals surface area (Å²) in [6.07, 6.45) is 0.873. The number of ether oxygens (including phenoxy) is 2. The fourth-order valence-electron chi connectivity index (χ4n) is 4.57. The van der Waals surface area contributed by atoms with E-state index in [-0.39, 0.29) is 11.8 Å². The fourth-order valence-corrected chi connectivity index (χ4v) is 4.57. The van der Waals surface area contributed by atoms with Gasteiger partial charge in [0, 0.05) is 19.2 Å². The Bertz CT molecular complexity index is 974. The Morgan fingerprint density at radius 1 is 1.06 bits per heavy atom. The van der Waals surface area contributed by atoms with E-state index in [2.05, 4.69) is 24.1 Å². The van der Waals surface area contributed by atoms with Crippen molar-refractivity contribution in [2.75, 3.05) is 47.4 Å². The highest BCUT2D eigenvalue weighted by Gasteiger charge is 2.42. The van der Waals surface area contributed by atoms with Crippen molar-refractivity contribution in [2.45, 2.75) is 32.2 Å². The van der Waals surface area contributed by atoms with Crippen molar-refractivity contribution < 1.29 is 19.1 Å². The molecule has 0 saturated heterocycles. The van der Waals surface area contributed by atoms with Crippen molar-refractivity contribution in [3.05, 3.63) is 59.2 Å². The minimum atomic E-state index is -0.532. The summed E-state index contributed by atoms with van der Waals surface area (Å²) >= 11 is 0. The number of nitrogens with one attached hydrogen (secondary N) is 1. The van der Waals surface area contributed by atoms with Crippen LogP contribution in [0.5, 0.6) is 11.5 Å². The molecule has 0 bridgehead atoms. The molecule has 1 N–H and O–H groups in total. The molecule has 178 valence electrons. The van der Waals surface area contributed by atoms with E-state index < -0.39 is 12.0 Å². The normalized spacial score (nSPS) is 17.6. The molecule has 1 heterocycles. The first kappa shape index (κ1) is 24.6. The van der Waals surface area contributed by atoms with Gasteiger partial charge >= 0.3 is 0 Å². The number of fused-ring (bicyclic) bond motifs is 1. The topological polar surface area (TPSA) is 71.1 Å². The average Bonchev–Trinajstić information content (AvgIpc) is 2.85. The van der Waals surface area contributed by atoms with Crippen LogP contribution in [0.4, 0.5) is 0 Å². The van der Waals surface area contributed by atoms with E-state index in [1.807, 2.05) is 36.4 Å². The largest absolute Gasteiger partial charge is 0.493 e. The molecule has 1 aliphatic rings. The number of rotatable bonds is 10. The first-order valence-corrected chi connectivity index (χ1v) is 11.5. The van der Waals surface area contributed by atoms with Gasteiger partial charge in [-0.15, -0.1) is 0 Å². The fraction of sp³-hybridized carbons (Fsp3) is 0.462. The van der Waals surface area contributed by atoms with Crippen LogP contribution in [0.2, 0.25) is 0 Å². The summed E-state index contributed by atoms with van der Waals surface area (Å²) in [6.45, 7) is 7.79. The number of carbonyl (C=O) groups excluding carboxylic acids is 2. The average molecular weight is 454 g/mol. The Balaban J connectivity index is 1.93. The maximum atomic E-state index is 13.5. The number of hydrogen-bond acceptors (Lipinski definition) is 5. The Morgan fingerprint density at radius 2 is 1.76 bits per heavy atom. The molecule has 2 aromatic rings. The molecule has 0 aliphatic carbocycles. The number of nitrogens with zero attached hydrogens (tertiary/aromatic N) is 2. The number of likely N-dealkylation sites (N-methyl/N-ethyl adjacent to an activating group) is 1. The quantitative estimate of drug-likeness (QED) is 0.558. The maximum absolute atomic E-state index is 13.5. The van der Waals surface area contributed by atoms with Crippen LogP contribution in [0.15, 0.2) is 42.5 Å². The van der Waals surface area contributed by atoms with Gasteiger partial charge in [-0.2, -0.15) is 0 Å². The molecule has 0 radical (unpaired) electrons. The van der Waals surface area contributed by atoms with Crippen LogP contribution in [-0.2, 0) is 4.79 Å². The van der Waals surface area contributed by atoms with Crippen LogP contribution in [-0.4, -0.2) is 69.1 Å². The van der Waals surface area contributed by atoms with Crippen molar-refractivity contribution in [2.24, 2.45) is 0 Å². The Hall–Kier alpha value is -3.06. The van der Waals surface area contributed by atoms with Crippen LogP contribution in [0.1, 0.15) is 53.7 Å². The van der Waals surface area contributed by atoms with E-state index in [4.69, 9.17) is 9.47 Å². The minimum Gasteiger partial charge on any atom is -0.493 e. The van der Waals surface area contributed by atoms with Crippen molar-refractivity contribution in [3.8, 4) is 11.5 Å². The molecule has 0 unspecified atom stereocenters. The third kappa shape index (κ3) is 5.14. The van der Waals surface area contributed by atoms with E-state index in [1.165, 1.54) is 0 Å². The standard InChI is InChI=1S/C26H35N3O4/c1-6-29(7-2)16-10-15-27-25(30)23-19-11-8-9-12-20(19)26(31)28(3)24(23)18-13-14-21(32-4)22(17-18)33-5/h8-9,11-14,17,23-24H,6-7,10,15-16H2,1-5H3,(H,27,30)/t23-,24+/m1/s1. The summed E-state index contributed by atoms with van der Waals surface area (Å²) in [4.78, 5) is 30.7. The lowest BCUT2D eigenvalue weighted by Gasteiger charge is -2.40. The number of hydrogen-bond donors (Lipinski definition) is 1. The van der Waals surface area contributed by atoms with Crippen LogP contribution >= 0.6 is 0 Å². The van der Waals surface area contributed by atoms with Crippen molar-refractivity contribution >= 4 is 11.8 Å². The Kier molecular flexibility index (Phi) is 8.33. The molecule has 0 saturated carbocycles. The number of benzene rings is 2. The zero-order valence-corrected chi connectivity index (χ0v) is 20.3. The van der Waals surface area contributed by atoms with Crippen LogP contribution in [0.25, 0.3) is 0 Å². The van der Waals surface area contributed by atoms with E-state index in [0.29, 0.717) is 23.6 Å². The second kappa shape index (κ2) is 11.2. The van der Waals surface area contributed by atoms with Crippen LogP contribution in [0, 0.1) is 0 Å². The zero-order chi connectivity index (χ0) is 24.0. The molecule has 0 aromatic heterocycles. The lowest BCUT2D eigenvalue weighted by molar-refractivity contribution is -0.124. The van der Waals surface area contributed by atoms with Gasteiger partial charge in [0.15, 0.2) is 11.5 Å². The lowest BCUT2D eigenvalue weighted by Crippen LogP contribution is -2.46. The summed E-state index contributed by atoms with van der Waals surface area (Å²) in [5.74, 6) is 0.449. The van der Waals surface area contributed by atoms with Gasteiger partial charge in [0.05, 0.1) is 26.2 Å². The molecule has 7 heteroatoms. The molecule has 33 heavy (non-hydrogen) atoms. The first-order valence-electron chi connectivity index (χ1n) is 11.5. The number of methoxy groups -OCH3 is 2. The van der Waals surface area contributed by atoms with E-state index in [1.54, 1.807) is 32.2 Å². The molecular formula is C26H35N3O4. The summed E-state index contributed by atoms with van der Waals surface area (Å²) < 4.78 is 10.9. The second-order valence-corrected chi connectivity index (χ2v) is 8.21. The zero-order valence-electron chi connectivity index (χ0n) is 20.3. The summed E-state index contributed by atoms with van der Waals surface area (Å²) in [5.41, 5.74) is 2.14. The van der Waals surface area contributed by atoms with Crippen molar-refractivity contribution in [1.29, 1.82) is 0 Å². The van der Waals surface area contributed by atoms with Gasteiger partial charge in [-0.05, 0) is 55.4 Å². The molecule has 1 aliphatic heterocycles. The van der Waals surface area contributed by atoms with Gasteiger partial charge in [-0.25, -0.2) is 0 Å². The summed E-state index contributed by atoms with van der Waals surface area (Å²) in [6, 6.07) is 12.5. The Labute approximate surface area is 196 Å². The Morgan fingerprint density at radius 3 is 2.42 bits per heavy atom. The van der Waals surface area contributed by atoms with Crippen LogP contribution < -0.4 is 14.8 Å². The molecule has 2 amide bonds. The van der Waals surface area contributed by atoms with Crippen molar-refractivity contribution in [1.82, 2.24) is 15.1 Å². The molecular weight excluding hydrogens is 418 g/mol. The number of carbonyl (C=O) groups is 2. The second-order valence-electron chi connectivity index (χ2n) is 8.21. The highest BCUT2D eigenvalue weighted by atomic mass is 16.5. The van der Waals surface area contributed by atoms with Gasteiger partial charge in [-0.3, -0.25) is 9.59 Å².